The van der Waals surface area contributed by atoms with E-state index in [0.717, 1.165) is 36.1 Å². The molecule has 1 aliphatic carbocycles. The Labute approximate surface area is 190 Å². The molecule has 0 saturated carbocycles. The molecule has 1 heterocycles. The number of nitrogens with one attached hydrogen (secondary N) is 1. The van der Waals surface area contributed by atoms with Gasteiger partial charge in [-0.2, -0.15) is 5.26 Å². The fourth-order valence-electron chi connectivity index (χ4n) is 3.64. The van der Waals surface area contributed by atoms with Gasteiger partial charge in [-0.3, -0.25) is 4.79 Å². The number of methoxy groups -OCH3 is 4. The number of hydrogen-bond donors (Lipinski definition) is 1. The first-order valence-corrected chi connectivity index (χ1v) is 10.7. The van der Waals surface area contributed by atoms with Crippen molar-refractivity contribution in [2.75, 3.05) is 33.8 Å². The molecule has 32 heavy (non-hydrogen) atoms. The van der Waals surface area contributed by atoms with Crippen LogP contribution in [0, 0.1) is 11.3 Å². The highest BCUT2D eigenvalue weighted by atomic mass is 32.1. The van der Waals surface area contributed by atoms with Gasteiger partial charge in [-0.25, -0.2) is 4.79 Å². The Morgan fingerprint density at radius 3 is 2.28 bits per heavy atom. The van der Waals surface area contributed by atoms with Crippen molar-refractivity contribution in [1.82, 2.24) is 0 Å². The van der Waals surface area contributed by atoms with Crippen molar-refractivity contribution in [2.45, 2.75) is 25.7 Å². The zero-order valence-corrected chi connectivity index (χ0v) is 19.2. The average Bonchev–Trinajstić information content (AvgIpc) is 3.18. The minimum absolute atomic E-state index is 0.138. The normalized spacial score (nSPS) is 12.9. The number of rotatable bonds is 7. The van der Waals surface area contributed by atoms with Gasteiger partial charge in [-0.05, 0) is 55.0 Å². The molecule has 0 atom stereocenters. The predicted octanol–water partition coefficient (Wildman–Crippen LogP) is 3.98. The zero-order chi connectivity index (χ0) is 23.3. The summed E-state index contributed by atoms with van der Waals surface area (Å²) in [7, 11) is 5.76. The Morgan fingerprint density at radius 2 is 1.72 bits per heavy atom. The molecule has 2 aromatic rings. The standard InChI is InChI=1S/C23H24N2O6S/c1-28-16-10-13(11-17(29-2)20(16)30-3)9-14(12-24)21(26)25-22-19(23(27)31-4)15-7-5-6-8-18(15)32-22/h9-11H,5-8H2,1-4H3,(H,25,26). The van der Waals surface area contributed by atoms with Gasteiger partial charge >= 0.3 is 5.97 Å². The maximum atomic E-state index is 12.9. The number of hydrogen-bond acceptors (Lipinski definition) is 8. The molecule has 0 radical (unpaired) electrons. The number of aryl methyl sites for hydroxylation is 1. The van der Waals surface area contributed by atoms with E-state index >= 15 is 0 Å². The molecular weight excluding hydrogens is 432 g/mol. The topological polar surface area (TPSA) is 107 Å². The number of anilines is 1. The lowest BCUT2D eigenvalue weighted by molar-refractivity contribution is -0.112. The summed E-state index contributed by atoms with van der Waals surface area (Å²) in [6, 6.07) is 5.19. The Balaban J connectivity index is 1.96. The first-order valence-electron chi connectivity index (χ1n) is 9.93. The zero-order valence-electron chi connectivity index (χ0n) is 18.4. The van der Waals surface area contributed by atoms with Crippen LogP contribution in [0.5, 0.6) is 17.2 Å². The van der Waals surface area contributed by atoms with Crippen molar-refractivity contribution < 1.29 is 28.5 Å². The molecule has 0 fully saturated rings. The minimum Gasteiger partial charge on any atom is -0.493 e. The minimum atomic E-state index is -0.620. The summed E-state index contributed by atoms with van der Waals surface area (Å²) in [6.07, 6.45) is 5.05. The second-order valence-corrected chi connectivity index (χ2v) is 8.09. The highest BCUT2D eigenvalue weighted by molar-refractivity contribution is 7.17. The molecule has 0 saturated heterocycles. The Morgan fingerprint density at radius 1 is 1.06 bits per heavy atom. The van der Waals surface area contributed by atoms with Crippen molar-refractivity contribution in [3.63, 3.8) is 0 Å². The number of carbonyl (C=O) groups is 2. The van der Waals surface area contributed by atoms with E-state index in [1.54, 1.807) is 12.1 Å². The monoisotopic (exact) mass is 456 g/mol. The van der Waals surface area contributed by atoms with Gasteiger partial charge in [0.2, 0.25) is 5.75 Å². The van der Waals surface area contributed by atoms with Crippen LogP contribution >= 0.6 is 11.3 Å². The van der Waals surface area contributed by atoms with E-state index in [4.69, 9.17) is 18.9 Å². The van der Waals surface area contributed by atoms with E-state index in [-0.39, 0.29) is 5.57 Å². The summed E-state index contributed by atoms with van der Waals surface area (Å²) >= 11 is 1.36. The van der Waals surface area contributed by atoms with Gasteiger partial charge in [0.05, 0.1) is 34.0 Å². The van der Waals surface area contributed by atoms with Gasteiger partial charge < -0.3 is 24.3 Å². The molecule has 0 unspecified atom stereocenters. The van der Waals surface area contributed by atoms with Crippen LogP contribution in [0.2, 0.25) is 0 Å². The number of thiophene rings is 1. The van der Waals surface area contributed by atoms with Crippen LogP contribution in [-0.4, -0.2) is 40.3 Å². The maximum Gasteiger partial charge on any atom is 0.341 e. The van der Waals surface area contributed by atoms with Gasteiger partial charge in [0.25, 0.3) is 5.91 Å². The summed E-state index contributed by atoms with van der Waals surface area (Å²) in [5.74, 6) is 0.0863. The van der Waals surface area contributed by atoms with E-state index in [9.17, 15) is 14.9 Å². The molecule has 3 rings (SSSR count). The lowest BCUT2D eigenvalue weighted by Crippen LogP contribution is -2.16. The third-order valence-corrected chi connectivity index (χ3v) is 6.36. The first kappa shape index (κ1) is 23.2. The van der Waals surface area contributed by atoms with Crippen LogP contribution in [-0.2, 0) is 22.4 Å². The third kappa shape index (κ3) is 4.55. The molecule has 1 N–H and O–H groups in total. The number of amides is 1. The number of benzene rings is 1. The van der Waals surface area contributed by atoms with E-state index in [1.807, 2.05) is 6.07 Å². The molecular formula is C23H24N2O6S. The highest BCUT2D eigenvalue weighted by Gasteiger charge is 2.27. The van der Waals surface area contributed by atoms with Crippen molar-refractivity contribution in [3.8, 4) is 23.3 Å². The van der Waals surface area contributed by atoms with Crippen molar-refractivity contribution in [3.05, 3.63) is 39.3 Å². The van der Waals surface area contributed by atoms with E-state index in [0.29, 0.717) is 33.4 Å². The lowest BCUT2D eigenvalue weighted by atomic mass is 9.95. The number of esters is 1. The highest BCUT2D eigenvalue weighted by Crippen LogP contribution is 2.40. The molecule has 0 spiro atoms. The van der Waals surface area contributed by atoms with Gasteiger partial charge in [0.1, 0.15) is 16.6 Å². The van der Waals surface area contributed by atoms with Crippen molar-refractivity contribution in [2.24, 2.45) is 0 Å². The van der Waals surface area contributed by atoms with Crippen LogP contribution in [0.3, 0.4) is 0 Å². The number of carbonyl (C=O) groups excluding carboxylic acids is 2. The summed E-state index contributed by atoms with van der Waals surface area (Å²) in [4.78, 5) is 26.4. The Hall–Kier alpha value is -3.51. The summed E-state index contributed by atoms with van der Waals surface area (Å²) in [5, 5.41) is 12.8. The molecule has 1 aromatic heterocycles. The number of fused-ring (bicyclic) bond motifs is 1. The summed E-state index contributed by atoms with van der Waals surface area (Å²) < 4.78 is 20.9. The number of ether oxygens (including phenoxy) is 4. The summed E-state index contributed by atoms with van der Waals surface area (Å²) in [5.41, 5.74) is 1.69. The van der Waals surface area contributed by atoms with Crippen LogP contribution in [0.1, 0.15) is 39.2 Å². The van der Waals surface area contributed by atoms with Gasteiger partial charge in [-0.15, -0.1) is 11.3 Å². The van der Waals surface area contributed by atoms with Gasteiger partial charge in [0, 0.05) is 4.88 Å². The SMILES string of the molecule is COC(=O)c1c(NC(=O)C(C#N)=Cc2cc(OC)c(OC)c(OC)c2)sc2c1CCCC2. The molecule has 0 bridgehead atoms. The van der Waals surface area contributed by atoms with Crippen molar-refractivity contribution in [1.29, 1.82) is 5.26 Å². The molecule has 9 heteroatoms. The largest absolute Gasteiger partial charge is 0.493 e. The third-order valence-electron chi connectivity index (χ3n) is 5.15. The number of nitrogens with zero attached hydrogens (tertiary/aromatic N) is 1. The van der Waals surface area contributed by atoms with E-state index in [2.05, 4.69) is 5.32 Å². The van der Waals surface area contributed by atoms with Crippen LogP contribution in [0.4, 0.5) is 5.00 Å². The van der Waals surface area contributed by atoms with E-state index in [1.165, 1.54) is 45.9 Å². The van der Waals surface area contributed by atoms with Crippen molar-refractivity contribution >= 4 is 34.3 Å². The Bertz CT molecular complexity index is 1090. The second kappa shape index (κ2) is 10.2. The molecule has 1 amide bonds. The molecule has 0 aliphatic heterocycles. The Kier molecular flexibility index (Phi) is 7.38. The predicted molar refractivity (Wildman–Crippen MR) is 121 cm³/mol. The average molecular weight is 457 g/mol. The molecule has 8 nitrogen and oxygen atoms in total. The fraction of sp³-hybridized carbons (Fsp3) is 0.348. The smallest absolute Gasteiger partial charge is 0.341 e. The van der Waals surface area contributed by atoms with Crippen LogP contribution in [0.15, 0.2) is 17.7 Å². The van der Waals surface area contributed by atoms with Gasteiger partial charge in [-0.1, -0.05) is 0 Å². The second-order valence-electron chi connectivity index (χ2n) is 6.99. The quantitative estimate of drug-likeness (QED) is 0.381. The first-order chi connectivity index (χ1) is 15.5. The molecule has 1 aromatic carbocycles. The van der Waals surface area contributed by atoms with Crippen LogP contribution < -0.4 is 19.5 Å². The fourth-order valence-corrected chi connectivity index (χ4v) is 4.91. The van der Waals surface area contributed by atoms with Crippen LogP contribution in [0.25, 0.3) is 6.08 Å². The molecule has 168 valence electrons. The maximum absolute atomic E-state index is 12.9. The van der Waals surface area contributed by atoms with Gasteiger partial charge in [0.15, 0.2) is 11.5 Å². The van der Waals surface area contributed by atoms with E-state index < -0.39 is 11.9 Å². The number of nitriles is 1. The molecule has 1 aliphatic rings. The summed E-state index contributed by atoms with van der Waals surface area (Å²) in [6.45, 7) is 0. The lowest BCUT2D eigenvalue weighted by Gasteiger charge is -2.13.